The van der Waals surface area contributed by atoms with Gasteiger partial charge in [0.15, 0.2) is 0 Å². The van der Waals surface area contributed by atoms with Gasteiger partial charge in [0.2, 0.25) is 0 Å². The molecule has 0 radical (unpaired) electrons. The summed E-state index contributed by atoms with van der Waals surface area (Å²) in [4.78, 5) is 8.91. The molecule has 0 saturated carbocycles. The lowest BCUT2D eigenvalue weighted by atomic mass is 10.2. The average Bonchev–Trinajstić information content (AvgIpc) is 2.75. The Balaban J connectivity index is 1.70. The lowest BCUT2D eigenvalue weighted by Gasteiger charge is -2.30. The van der Waals surface area contributed by atoms with Crippen molar-refractivity contribution in [3.05, 3.63) is 16.1 Å². The predicted octanol–water partition coefficient (Wildman–Crippen LogP) is 0.149. The summed E-state index contributed by atoms with van der Waals surface area (Å²) in [5.41, 5.74) is 1.10. The maximum absolute atomic E-state index is 10.1. The van der Waals surface area contributed by atoms with Gasteiger partial charge in [0.05, 0.1) is 16.8 Å². The molecule has 6 heteroatoms. The Bertz CT molecular complexity index is 378. The van der Waals surface area contributed by atoms with Crippen LogP contribution in [0.25, 0.3) is 0 Å². The molecule has 1 aliphatic rings. The molecule has 0 aliphatic carbocycles. The van der Waals surface area contributed by atoms with Crippen LogP contribution in [0.5, 0.6) is 0 Å². The fourth-order valence-corrected chi connectivity index (χ4v) is 3.04. The SMILES string of the molecule is Cc1nc(CN(C)CC(O)CN2CCNCC2)cs1. The fraction of sp³-hybridized carbons (Fsp3) is 0.769. The summed E-state index contributed by atoms with van der Waals surface area (Å²) >= 11 is 1.68. The standard InChI is InChI=1S/C13H24N4OS/c1-11-15-12(10-19-11)7-16(2)8-13(18)9-17-5-3-14-4-6-17/h10,13-14,18H,3-9H2,1-2H3. The second kappa shape index (κ2) is 7.31. The lowest BCUT2D eigenvalue weighted by Crippen LogP contribution is -2.48. The maximum Gasteiger partial charge on any atom is 0.0897 e. The normalized spacial score (nSPS) is 18.9. The second-order valence-corrected chi connectivity index (χ2v) is 6.32. The molecule has 2 N–H and O–H groups in total. The van der Waals surface area contributed by atoms with E-state index in [2.05, 4.69) is 25.5 Å². The molecule has 1 aliphatic heterocycles. The number of aliphatic hydroxyl groups is 1. The third-order valence-electron chi connectivity index (χ3n) is 3.30. The Kier molecular flexibility index (Phi) is 5.72. The van der Waals surface area contributed by atoms with Crippen LogP contribution in [0.2, 0.25) is 0 Å². The molecule has 1 unspecified atom stereocenters. The molecule has 2 rings (SSSR count). The van der Waals surface area contributed by atoms with Crippen LogP contribution in [0.1, 0.15) is 10.7 Å². The van der Waals surface area contributed by atoms with Crippen molar-refractivity contribution in [3.63, 3.8) is 0 Å². The molecule has 1 atom stereocenters. The number of piperazine rings is 1. The lowest BCUT2D eigenvalue weighted by molar-refractivity contribution is 0.0749. The van der Waals surface area contributed by atoms with Crippen molar-refractivity contribution in [2.45, 2.75) is 19.6 Å². The van der Waals surface area contributed by atoms with Crippen molar-refractivity contribution >= 4 is 11.3 Å². The summed E-state index contributed by atoms with van der Waals surface area (Å²) in [6, 6.07) is 0. The number of hydrogen-bond acceptors (Lipinski definition) is 6. The first kappa shape index (κ1) is 14.9. The number of likely N-dealkylation sites (N-methyl/N-ethyl adjacent to an activating group) is 1. The number of rotatable bonds is 6. The van der Waals surface area contributed by atoms with Crippen LogP contribution in [0.4, 0.5) is 0 Å². The zero-order valence-electron chi connectivity index (χ0n) is 11.8. The number of aliphatic hydroxyl groups excluding tert-OH is 1. The Morgan fingerprint density at radius 3 is 2.89 bits per heavy atom. The minimum Gasteiger partial charge on any atom is -0.390 e. The minimum absolute atomic E-state index is 0.289. The Morgan fingerprint density at radius 2 is 2.26 bits per heavy atom. The molecule has 0 spiro atoms. The highest BCUT2D eigenvalue weighted by Crippen LogP contribution is 2.10. The van der Waals surface area contributed by atoms with Crippen LogP contribution < -0.4 is 5.32 Å². The summed E-state index contributed by atoms with van der Waals surface area (Å²) in [5, 5.41) is 16.6. The first-order valence-electron chi connectivity index (χ1n) is 6.84. The predicted molar refractivity (Wildman–Crippen MR) is 78.5 cm³/mol. The van der Waals surface area contributed by atoms with Gasteiger partial charge >= 0.3 is 0 Å². The third kappa shape index (κ3) is 5.16. The van der Waals surface area contributed by atoms with Gasteiger partial charge in [0, 0.05) is 51.2 Å². The number of aryl methyl sites for hydroxylation is 1. The van der Waals surface area contributed by atoms with E-state index in [0.717, 1.165) is 50.0 Å². The van der Waals surface area contributed by atoms with Crippen molar-refractivity contribution < 1.29 is 5.11 Å². The molecule has 0 aromatic carbocycles. The third-order valence-corrected chi connectivity index (χ3v) is 4.12. The molecule has 0 amide bonds. The summed E-state index contributed by atoms with van der Waals surface area (Å²) in [6.45, 7) is 8.42. The van der Waals surface area contributed by atoms with Gasteiger partial charge in [-0.3, -0.25) is 9.80 Å². The number of β-amino-alcohol motifs (C(OH)–C–C–N with tert-alkyl or cyclic N) is 1. The van der Waals surface area contributed by atoms with E-state index in [9.17, 15) is 5.11 Å². The van der Waals surface area contributed by atoms with Crippen LogP contribution in [0, 0.1) is 6.92 Å². The van der Waals surface area contributed by atoms with E-state index >= 15 is 0 Å². The van der Waals surface area contributed by atoms with E-state index in [4.69, 9.17) is 0 Å². The zero-order valence-corrected chi connectivity index (χ0v) is 12.6. The van der Waals surface area contributed by atoms with Gasteiger partial charge < -0.3 is 10.4 Å². The van der Waals surface area contributed by atoms with Crippen molar-refractivity contribution in [2.24, 2.45) is 0 Å². The molecule has 1 aromatic rings. The first-order chi connectivity index (χ1) is 9.13. The van der Waals surface area contributed by atoms with Gasteiger partial charge in [0.25, 0.3) is 0 Å². The van der Waals surface area contributed by atoms with E-state index in [1.807, 2.05) is 14.0 Å². The molecule has 1 aromatic heterocycles. The van der Waals surface area contributed by atoms with Crippen LogP contribution in [0.3, 0.4) is 0 Å². The van der Waals surface area contributed by atoms with E-state index in [0.29, 0.717) is 6.54 Å². The molecule has 2 heterocycles. The van der Waals surface area contributed by atoms with Crippen molar-refractivity contribution in [1.29, 1.82) is 0 Å². The molecule has 19 heavy (non-hydrogen) atoms. The van der Waals surface area contributed by atoms with Crippen molar-refractivity contribution in [2.75, 3.05) is 46.3 Å². The average molecular weight is 284 g/mol. The van der Waals surface area contributed by atoms with E-state index in [-0.39, 0.29) is 6.10 Å². The van der Waals surface area contributed by atoms with Gasteiger partial charge in [-0.15, -0.1) is 11.3 Å². The monoisotopic (exact) mass is 284 g/mol. The largest absolute Gasteiger partial charge is 0.390 e. The van der Waals surface area contributed by atoms with Gasteiger partial charge in [-0.05, 0) is 14.0 Å². The highest BCUT2D eigenvalue weighted by atomic mass is 32.1. The Hall–Kier alpha value is -0.530. The number of nitrogens with zero attached hydrogens (tertiary/aromatic N) is 3. The van der Waals surface area contributed by atoms with Gasteiger partial charge in [-0.2, -0.15) is 0 Å². The van der Waals surface area contributed by atoms with Crippen molar-refractivity contribution in [3.8, 4) is 0 Å². The quantitative estimate of drug-likeness (QED) is 0.779. The summed E-state index contributed by atoms with van der Waals surface area (Å²) < 4.78 is 0. The maximum atomic E-state index is 10.1. The Morgan fingerprint density at radius 1 is 1.53 bits per heavy atom. The molecule has 1 saturated heterocycles. The molecular formula is C13H24N4OS. The number of thiazole rings is 1. The Labute approximate surface area is 119 Å². The number of nitrogens with one attached hydrogen (secondary N) is 1. The van der Waals surface area contributed by atoms with E-state index in [1.165, 1.54) is 0 Å². The van der Waals surface area contributed by atoms with Crippen LogP contribution >= 0.6 is 11.3 Å². The second-order valence-electron chi connectivity index (χ2n) is 5.26. The van der Waals surface area contributed by atoms with Crippen LogP contribution in [-0.4, -0.2) is 72.3 Å². The van der Waals surface area contributed by atoms with E-state index in [1.54, 1.807) is 11.3 Å². The smallest absolute Gasteiger partial charge is 0.0897 e. The topological polar surface area (TPSA) is 51.6 Å². The highest BCUT2D eigenvalue weighted by Gasteiger charge is 2.16. The van der Waals surface area contributed by atoms with Crippen LogP contribution in [0.15, 0.2) is 5.38 Å². The molecule has 1 fully saturated rings. The summed E-state index contributed by atoms with van der Waals surface area (Å²) in [7, 11) is 2.04. The molecule has 5 nitrogen and oxygen atoms in total. The van der Waals surface area contributed by atoms with Gasteiger partial charge in [0.1, 0.15) is 0 Å². The number of hydrogen-bond donors (Lipinski definition) is 2. The summed E-state index contributed by atoms with van der Waals surface area (Å²) in [5.74, 6) is 0. The minimum atomic E-state index is -0.289. The number of aromatic nitrogens is 1. The van der Waals surface area contributed by atoms with Gasteiger partial charge in [-0.25, -0.2) is 4.98 Å². The molecule has 108 valence electrons. The first-order valence-corrected chi connectivity index (χ1v) is 7.72. The van der Waals surface area contributed by atoms with Gasteiger partial charge in [-0.1, -0.05) is 0 Å². The molecular weight excluding hydrogens is 260 g/mol. The fourth-order valence-electron chi connectivity index (χ4n) is 2.43. The van der Waals surface area contributed by atoms with Crippen molar-refractivity contribution in [1.82, 2.24) is 20.1 Å². The highest BCUT2D eigenvalue weighted by molar-refractivity contribution is 7.09. The summed E-state index contributed by atoms with van der Waals surface area (Å²) in [6.07, 6.45) is -0.289. The van der Waals surface area contributed by atoms with Crippen LogP contribution in [-0.2, 0) is 6.54 Å². The van der Waals surface area contributed by atoms with E-state index < -0.39 is 0 Å². The zero-order chi connectivity index (χ0) is 13.7. The molecule has 0 bridgehead atoms.